The van der Waals surface area contributed by atoms with Gasteiger partial charge in [-0.05, 0) is 26.2 Å². The van der Waals surface area contributed by atoms with E-state index in [9.17, 15) is 0 Å². The van der Waals surface area contributed by atoms with Crippen molar-refractivity contribution in [2.45, 2.75) is 58.5 Å². The average Bonchev–Trinajstić information content (AvgIpc) is 2.71. The van der Waals surface area contributed by atoms with Crippen LogP contribution in [0.25, 0.3) is 0 Å². The Labute approximate surface area is 98.3 Å². The fraction of sp³-hybridized carbons (Fsp3) is 0.769. The molecule has 2 rings (SSSR count). The van der Waals surface area contributed by atoms with Gasteiger partial charge in [0.1, 0.15) is 5.82 Å². The normalized spacial score (nSPS) is 17.1. The summed E-state index contributed by atoms with van der Waals surface area (Å²) in [5.41, 5.74) is 1.26. The molecule has 0 radical (unpaired) electrons. The lowest BCUT2D eigenvalue weighted by molar-refractivity contribution is 0.522. The van der Waals surface area contributed by atoms with Gasteiger partial charge >= 0.3 is 0 Å². The molecule has 1 aliphatic heterocycles. The highest BCUT2D eigenvalue weighted by Crippen LogP contribution is 2.14. The van der Waals surface area contributed by atoms with Crippen LogP contribution in [-0.2, 0) is 19.4 Å². The van der Waals surface area contributed by atoms with Crippen LogP contribution in [0.15, 0.2) is 6.20 Å². The number of fused-ring (bicyclic) bond motifs is 1. The first-order chi connectivity index (χ1) is 7.79. The molecule has 3 nitrogen and oxygen atoms in total. The largest absolute Gasteiger partial charge is 0.335 e. The van der Waals surface area contributed by atoms with Crippen LogP contribution in [-0.4, -0.2) is 22.1 Å². The number of nitrogens with one attached hydrogen (secondary N) is 1. The summed E-state index contributed by atoms with van der Waals surface area (Å²) in [6, 6.07) is 0.622. The molecule has 1 unspecified atom stereocenters. The maximum atomic E-state index is 4.70. The minimum atomic E-state index is 0.622. The molecule has 0 saturated carbocycles. The number of aromatic nitrogens is 2. The Bertz CT molecular complexity index is 306. The van der Waals surface area contributed by atoms with Crippen LogP contribution in [0.4, 0.5) is 0 Å². The van der Waals surface area contributed by atoms with Crippen molar-refractivity contribution in [1.82, 2.24) is 14.9 Å². The van der Waals surface area contributed by atoms with E-state index in [0.717, 1.165) is 13.0 Å². The highest BCUT2D eigenvalue weighted by Gasteiger charge is 2.11. The van der Waals surface area contributed by atoms with Crippen molar-refractivity contribution in [3.63, 3.8) is 0 Å². The zero-order valence-corrected chi connectivity index (χ0v) is 10.5. The molecule has 3 heteroatoms. The summed E-state index contributed by atoms with van der Waals surface area (Å²) in [4.78, 5) is 4.70. The highest BCUT2D eigenvalue weighted by molar-refractivity contribution is 5.06. The average molecular weight is 221 g/mol. The SMILES string of the molecule is CCC(C)NCCc1cn2c(n1)CCCC2. The topological polar surface area (TPSA) is 29.9 Å². The number of rotatable bonds is 5. The van der Waals surface area contributed by atoms with E-state index in [1.807, 2.05) is 0 Å². The molecule has 0 bridgehead atoms. The van der Waals surface area contributed by atoms with Gasteiger partial charge in [-0.15, -0.1) is 0 Å². The fourth-order valence-corrected chi connectivity index (χ4v) is 2.18. The summed E-state index contributed by atoms with van der Waals surface area (Å²) >= 11 is 0. The van der Waals surface area contributed by atoms with Crippen molar-refractivity contribution in [2.75, 3.05) is 6.54 Å². The van der Waals surface area contributed by atoms with Gasteiger partial charge in [0.2, 0.25) is 0 Å². The molecule has 1 N–H and O–H groups in total. The molecular weight excluding hydrogens is 198 g/mol. The molecule has 0 amide bonds. The number of hydrogen-bond acceptors (Lipinski definition) is 2. The minimum Gasteiger partial charge on any atom is -0.335 e. The standard InChI is InChI=1S/C13H23N3/c1-3-11(2)14-8-7-12-10-16-9-5-4-6-13(16)15-12/h10-11,14H,3-9H2,1-2H3. The van der Waals surface area contributed by atoms with Gasteiger partial charge in [-0.2, -0.15) is 0 Å². The summed E-state index contributed by atoms with van der Waals surface area (Å²) in [7, 11) is 0. The fourth-order valence-electron chi connectivity index (χ4n) is 2.18. The Morgan fingerprint density at radius 2 is 2.38 bits per heavy atom. The first kappa shape index (κ1) is 11.6. The molecule has 0 spiro atoms. The second kappa shape index (κ2) is 5.48. The van der Waals surface area contributed by atoms with E-state index in [0.29, 0.717) is 6.04 Å². The molecule has 16 heavy (non-hydrogen) atoms. The zero-order valence-electron chi connectivity index (χ0n) is 10.5. The van der Waals surface area contributed by atoms with Crippen molar-refractivity contribution in [2.24, 2.45) is 0 Å². The number of hydrogen-bond donors (Lipinski definition) is 1. The lowest BCUT2D eigenvalue weighted by Gasteiger charge is -2.11. The Balaban J connectivity index is 1.83. The van der Waals surface area contributed by atoms with Crippen LogP contribution in [0.3, 0.4) is 0 Å². The van der Waals surface area contributed by atoms with E-state index in [1.54, 1.807) is 0 Å². The van der Waals surface area contributed by atoms with Crippen molar-refractivity contribution in [3.8, 4) is 0 Å². The summed E-state index contributed by atoms with van der Waals surface area (Å²) in [6.07, 6.45) is 8.28. The van der Waals surface area contributed by atoms with Gasteiger partial charge in [-0.1, -0.05) is 6.92 Å². The molecule has 0 aliphatic carbocycles. The maximum absolute atomic E-state index is 4.70. The van der Waals surface area contributed by atoms with E-state index in [-0.39, 0.29) is 0 Å². The van der Waals surface area contributed by atoms with E-state index in [2.05, 4.69) is 29.9 Å². The Morgan fingerprint density at radius 3 is 3.12 bits per heavy atom. The maximum Gasteiger partial charge on any atom is 0.108 e. The van der Waals surface area contributed by atoms with Gasteiger partial charge in [0.15, 0.2) is 0 Å². The first-order valence-corrected chi connectivity index (χ1v) is 6.58. The second-order valence-corrected chi connectivity index (χ2v) is 4.81. The summed E-state index contributed by atoms with van der Waals surface area (Å²) in [6.45, 7) is 6.66. The van der Waals surface area contributed by atoms with Gasteiger partial charge in [0.05, 0.1) is 5.69 Å². The zero-order chi connectivity index (χ0) is 11.4. The molecular formula is C13H23N3. The smallest absolute Gasteiger partial charge is 0.108 e. The molecule has 1 aromatic heterocycles. The van der Waals surface area contributed by atoms with Crippen molar-refractivity contribution in [1.29, 1.82) is 0 Å². The summed E-state index contributed by atoms with van der Waals surface area (Å²) < 4.78 is 2.34. The van der Waals surface area contributed by atoms with Crippen LogP contribution in [0.5, 0.6) is 0 Å². The van der Waals surface area contributed by atoms with Gasteiger partial charge in [-0.3, -0.25) is 0 Å². The molecule has 0 aromatic carbocycles. The third-order valence-electron chi connectivity index (χ3n) is 3.44. The number of nitrogens with zero attached hydrogens (tertiary/aromatic N) is 2. The monoisotopic (exact) mass is 221 g/mol. The van der Waals surface area contributed by atoms with E-state index in [4.69, 9.17) is 4.98 Å². The summed E-state index contributed by atoms with van der Waals surface area (Å²) in [5, 5.41) is 3.51. The predicted molar refractivity (Wildman–Crippen MR) is 66.6 cm³/mol. The Morgan fingerprint density at radius 1 is 1.50 bits per heavy atom. The second-order valence-electron chi connectivity index (χ2n) is 4.81. The van der Waals surface area contributed by atoms with Crippen LogP contribution in [0, 0.1) is 0 Å². The van der Waals surface area contributed by atoms with Crippen molar-refractivity contribution >= 4 is 0 Å². The van der Waals surface area contributed by atoms with Gasteiger partial charge in [0.25, 0.3) is 0 Å². The molecule has 0 saturated heterocycles. The van der Waals surface area contributed by atoms with Crippen LogP contribution in [0.2, 0.25) is 0 Å². The third-order valence-corrected chi connectivity index (χ3v) is 3.44. The summed E-state index contributed by atoms with van der Waals surface area (Å²) in [5.74, 6) is 1.30. The van der Waals surface area contributed by atoms with Crippen molar-refractivity contribution < 1.29 is 0 Å². The van der Waals surface area contributed by atoms with Gasteiger partial charge in [0, 0.05) is 38.2 Å². The quantitative estimate of drug-likeness (QED) is 0.825. The lowest BCUT2D eigenvalue weighted by Crippen LogP contribution is -2.27. The van der Waals surface area contributed by atoms with Crippen LogP contribution < -0.4 is 5.32 Å². The van der Waals surface area contributed by atoms with E-state index < -0.39 is 0 Å². The molecule has 0 fully saturated rings. The molecule has 90 valence electrons. The number of aryl methyl sites for hydroxylation is 2. The van der Waals surface area contributed by atoms with Crippen LogP contribution in [0.1, 0.15) is 44.6 Å². The first-order valence-electron chi connectivity index (χ1n) is 6.58. The number of imidazole rings is 1. The molecule has 2 heterocycles. The molecule has 1 atom stereocenters. The highest BCUT2D eigenvalue weighted by atomic mass is 15.1. The van der Waals surface area contributed by atoms with Crippen LogP contribution >= 0.6 is 0 Å². The molecule has 1 aromatic rings. The Hall–Kier alpha value is -0.830. The predicted octanol–water partition coefficient (Wildman–Crippen LogP) is 2.15. The van der Waals surface area contributed by atoms with Crippen molar-refractivity contribution in [3.05, 3.63) is 17.7 Å². The Kier molecular flexibility index (Phi) is 3.99. The lowest BCUT2D eigenvalue weighted by atomic mass is 10.2. The van der Waals surface area contributed by atoms with Gasteiger partial charge in [-0.25, -0.2) is 4.98 Å². The third kappa shape index (κ3) is 2.85. The van der Waals surface area contributed by atoms with E-state index >= 15 is 0 Å². The van der Waals surface area contributed by atoms with E-state index in [1.165, 1.54) is 43.7 Å². The molecule has 1 aliphatic rings. The van der Waals surface area contributed by atoms with Gasteiger partial charge < -0.3 is 9.88 Å². The minimum absolute atomic E-state index is 0.622.